The van der Waals surface area contributed by atoms with Crippen LogP contribution in [-0.4, -0.2) is 56.0 Å². The fraction of sp³-hybridized carbons (Fsp3) is 0.345. The molecule has 0 spiro atoms. The Hall–Kier alpha value is -4.12. The van der Waals surface area contributed by atoms with Gasteiger partial charge in [-0.05, 0) is 55.8 Å². The van der Waals surface area contributed by atoms with E-state index in [2.05, 4.69) is 14.9 Å². The summed E-state index contributed by atoms with van der Waals surface area (Å²) < 4.78 is 40.9. The number of hydrogen-bond acceptors (Lipinski definition) is 6. The lowest BCUT2D eigenvalue weighted by molar-refractivity contribution is -0.137. The average Bonchev–Trinajstić information content (AvgIpc) is 3.24. The van der Waals surface area contributed by atoms with Gasteiger partial charge in [0, 0.05) is 67.4 Å². The first-order valence-electron chi connectivity index (χ1n) is 13.2. The van der Waals surface area contributed by atoms with Crippen LogP contribution in [0.3, 0.4) is 0 Å². The number of anilines is 1. The molecule has 1 saturated heterocycles. The number of amides is 1. The van der Waals surface area contributed by atoms with Crippen molar-refractivity contribution in [2.24, 2.45) is 0 Å². The van der Waals surface area contributed by atoms with E-state index in [1.54, 1.807) is 9.58 Å². The van der Waals surface area contributed by atoms with Gasteiger partial charge in [0.15, 0.2) is 5.82 Å². The number of alkyl halides is 3. The summed E-state index contributed by atoms with van der Waals surface area (Å²) in [4.78, 5) is 38.0. The SMILES string of the molecule is Cc1cc(-c2ncc3cc(C(F)(F)F)ccc3n2)ccc1N1CCn2nc(CN3CCC(=O)CC3)c(C)c2C1=O. The Bertz CT molecular complexity index is 1650. The largest absolute Gasteiger partial charge is 0.416 e. The molecule has 8 nitrogen and oxygen atoms in total. The normalized spacial score (nSPS) is 16.6. The number of ketones is 1. The fourth-order valence-corrected chi connectivity index (χ4v) is 5.46. The van der Waals surface area contributed by atoms with Crippen molar-refractivity contribution < 1.29 is 22.8 Å². The molecule has 6 rings (SSSR count). The molecule has 1 amide bonds. The molecule has 2 aliphatic rings. The van der Waals surface area contributed by atoms with Crippen molar-refractivity contribution in [2.45, 2.75) is 46.0 Å². The van der Waals surface area contributed by atoms with Crippen molar-refractivity contribution in [3.63, 3.8) is 0 Å². The third-order valence-corrected chi connectivity index (χ3v) is 7.71. The summed E-state index contributed by atoms with van der Waals surface area (Å²) in [6, 6.07) is 8.97. The Kier molecular flexibility index (Phi) is 6.41. The molecule has 2 aromatic carbocycles. The smallest absolute Gasteiger partial charge is 0.305 e. The number of Topliss-reactive ketones (excluding diaryl/α,β-unsaturated/α-hetero) is 1. The Balaban J connectivity index is 1.24. The lowest BCUT2D eigenvalue weighted by Crippen LogP contribution is -2.41. The van der Waals surface area contributed by atoms with Gasteiger partial charge in [0.05, 0.1) is 23.3 Å². The molecule has 11 heteroatoms. The minimum absolute atomic E-state index is 0.116. The van der Waals surface area contributed by atoms with Crippen LogP contribution >= 0.6 is 0 Å². The first-order chi connectivity index (χ1) is 19.1. The van der Waals surface area contributed by atoms with E-state index in [1.807, 2.05) is 32.0 Å². The highest BCUT2D eigenvalue weighted by molar-refractivity contribution is 6.07. The molecule has 1 fully saturated rings. The van der Waals surface area contributed by atoms with Crippen LogP contribution < -0.4 is 4.90 Å². The van der Waals surface area contributed by atoms with Gasteiger partial charge in [0.2, 0.25) is 0 Å². The third-order valence-electron chi connectivity index (χ3n) is 7.71. The summed E-state index contributed by atoms with van der Waals surface area (Å²) in [5, 5.41) is 5.04. The lowest BCUT2D eigenvalue weighted by Gasteiger charge is -2.29. The summed E-state index contributed by atoms with van der Waals surface area (Å²) in [7, 11) is 0. The monoisotopic (exact) mass is 548 g/mol. The Morgan fingerprint density at radius 2 is 1.73 bits per heavy atom. The van der Waals surface area contributed by atoms with Gasteiger partial charge in [-0.15, -0.1) is 0 Å². The second-order valence-electron chi connectivity index (χ2n) is 10.4. The van der Waals surface area contributed by atoms with Crippen molar-refractivity contribution in [1.82, 2.24) is 24.6 Å². The maximum atomic E-state index is 13.6. The predicted octanol–water partition coefficient (Wildman–Crippen LogP) is 4.95. The van der Waals surface area contributed by atoms with Crippen molar-refractivity contribution in [1.29, 1.82) is 0 Å². The van der Waals surface area contributed by atoms with Gasteiger partial charge in [-0.3, -0.25) is 19.2 Å². The van der Waals surface area contributed by atoms with Gasteiger partial charge in [-0.2, -0.15) is 18.3 Å². The maximum Gasteiger partial charge on any atom is 0.416 e. The van der Waals surface area contributed by atoms with Gasteiger partial charge < -0.3 is 4.90 Å². The molecule has 0 atom stereocenters. The van der Waals surface area contributed by atoms with Gasteiger partial charge in [-0.25, -0.2) is 9.97 Å². The molecular weight excluding hydrogens is 521 g/mol. The van der Waals surface area contributed by atoms with E-state index in [0.717, 1.165) is 34.6 Å². The van der Waals surface area contributed by atoms with E-state index >= 15 is 0 Å². The molecule has 4 heterocycles. The fourth-order valence-electron chi connectivity index (χ4n) is 5.46. The standard InChI is InChI=1S/C29H27F3N6O2/c1-17-13-19(27-33-15-20-14-21(29(30,31)32)4-5-23(20)34-27)3-6-25(17)37-11-12-38-26(28(37)40)18(2)24(35-38)16-36-9-7-22(39)8-10-36/h3-6,13-15H,7-12,16H2,1-2H3. The molecule has 0 radical (unpaired) electrons. The van der Waals surface area contributed by atoms with Crippen molar-refractivity contribution in [3.05, 3.63) is 70.7 Å². The number of carbonyl (C=O) groups is 2. The first-order valence-corrected chi connectivity index (χ1v) is 13.2. The Labute approximate surface area is 228 Å². The third kappa shape index (κ3) is 4.74. The predicted molar refractivity (Wildman–Crippen MR) is 143 cm³/mol. The summed E-state index contributed by atoms with van der Waals surface area (Å²) in [5.41, 5.74) is 4.31. The van der Waals surface area contributed by atoms with E-state index in [4.69, 9.17) is 5.10 Å². The second kappa shape index (κ2) is 9.81. The van der Waals surface area contributed by atoms with Crippen molar-refractivity contribution in [2.75, 3.05) is 24.5 Å². The topological polar surface area (TPSA) is 84.2 Å². The molecule has 206 valence electrons. The van der Waals surface area contributed by atoms with Crippen LogP contribution in [0.25, 0.3) is 22.3 Å². The number of nitrogens with zero attached hydrogens (tertiary/aromatic N) is 6. The zero-order chi connectivity index (χ0) is 28.2. The summed E-state index contributed by atoms with van der Waals surface area (Å²) in [6.45, 7) is 6.90. The zero-order valence-corrected chi connectivity index (χ0v) is 22.1. The number of rotatable bonds is 4. The van der Waals surface area contributed by atoms with Crippen LogP contribution in [0.2, 0.25) is 0 Å². The molecular formula is C29H27F3N6O2. The van der Waals surface area contributed by atoms with Crippen molar-refractivity contribution >= 4 is 28.3 Å². The Morgan fingerprint density at radius 3 is 2.45 bits per heavy atom. The highest BCUT2D eigenvalue weighted by Crippen LogP contribution is 2.33. The number of fused-ring (bicyclic) bond motifs is 2. The molecule has 0 unspecified atom stereocenters. The van der Waals surface area contributed by atoms with Gasteiger partial charge >= 0.3 is 6.18 Å². The summed E-state index contributed by atoms with van der Waals surface area (Å²) in [6.07, 6.45) is -1.93. The minimum atomic E-state index is -4.43. The number of carbonyl (C=O) groups excluding carboxylic acids is 2. The molecule has 0 N–H and O–H groups in total. The molecule has 2 aliphatic heterocycles. The lowest BCUT2D eigenvalue weighted by atomic mass is 10.1. The number of benzene rings is 2. The summed E-state index contributed by atoms with van der Waals surface area (Å²) >= 11 is 0. The van der Waals surface area contributed by atoms with Gasteiger partial charge in [-0.1, -0.05) is 0 Å². The average molecular weight is 549 g/mol. The minimum Gasteiger partial charge on any atom is -0.305 e. The number of piperidine rings is 1. The Morgan fingerprint density at radius 1 is 0.950 bits per heavy atom. The molecule has 0 aliphatic carbocycles. The first kappa shape index (κ1) is 26.1. The van der Waals surface area contributed by atoms with E-state index in [9.17, 15) is 22.8 Å². The number of hydrogen-bond donors (Lipinski definition) is 0. The number of aryl methyl sites for hydroxylation is 1. The molecule has 0 saturated carbocycles. The van der Waals surface area contributed by atoms with Crippen molar-refractivity contribution in [3.8, 4) is 11.4 Å². The molecule has 4 aromatic rings. The van der Waals surface area contributed by atoms with E-state index in [0.29, 0.717) is 73.6 Å². The zero-order valence-electron chi connectivity index (χ0n) is 22.1. The van der Waals surface area contributed by atoms with Gasteiger partial charge in [0.25, 0.3) is 5.91 Å². The molecule has 0 bridgehead atoms. The molecule has 40 heavy (non-hydrogen) atoms. The number of aromatic nitrogens is 4. The maximum absolute atomic E-state index is 13.6. The number of halogens is 3. The quantitative estimate of drug-likeness (QED) is 0.359. The van der Waals surface area contributed by atoms with Crippen LogP contribution in [0.4, 0.5) is 18.9 Å². The highest BCUT2D eigenvalue weighted by atomic mass is 19.4. The van der Waals surface area contributed by atoms with Crippen LogP contribution in [0.15, 0.2) is 42.6 Å². The summed E-state index contributed by atoms with van der Waals surface area (Å²) in [5.74, 6) is 0.565. The van der Waals surface area contributed by atoms with Crippen LogP contribution in [0.5, 0.6) is 0 Å². The van der Waals surface area contributed by atoms with E-state index < -0.39 is 11.7 Å². The van der Waals surface area contributed by atoms with E-state index in [1.165, 1.54) is 12.3 Å². The van der Waals surface area contributed by atoms with Gasteiger partial charge in [0.1, 0.15) is 11.5 Å². The number of likely N-dealkylation sites (tertiary alicyclic amines) is 1. The van der Waals surface area contributed by atoms with Crippen LogP contribution in [-0.2, 0) is 24.1 Å². The van der Waals surface area contributed by atoms with Crippen LogP contribution in [0.1, 0.15) is 45.7 Å². The molecule has 2 aromatic heterocycles. The second-order valence-corrected chi connectivity index (χ2v) is 10.4. The highest BCUT2D eigenvalue weighted by Gasteiger charge is 2.32. The van der Waals surface area contributed by atoms with Crippen LogP contribution in [0, 0.1) is 13.8 Å². The van der Waals surface area contributed by atoms with E-state index in [-0.39, 0.29) is 11.7 Å².